The van der Waals surface area contributed by atoms with Gasteiger partial charge in [0, 0.05) is 0 Å². The van der Waals surface area contributed by atoms with Crippen LogP contribution in [0.5, 0.6) is 0 Å². The van der Waals surface area contributed by atoms with Crippen molar-refractivity contribution in [3.8, 4) is 134 Å². The molecule has 0 aliphatic carbocycles. The van der Waals surface area contributed by atoms with Crippen molar-refractivity contribution < 1.29 is 0 Å². The van der Waals surface area contributed by atoms with Crippen molar-refractivity contribution in [2.45, 2.75) is 0 Å². The molecule has 0 fully saturated rings. The summed E-state index contributed by atoms with van der Waals surface area (Å²) in [5, 5.41) is 7.09. The van der Waals surface area contributed by atoms with Gasteiger partial charge in [0.25, 0.3) is 0 Å². The number of rotatable bonds is 12. The third-order valence-corrected chi connectivity index (χ3v) is 18.1. The normalized spacial score (nSPS) is 11.3. The van der Waals surface area contributed by atoms with E-state index in [2.05, 4.69) is 364 Å². The Labute approximate surface area is 526 Å². The summed E-state index contributed by atoms with van der Waals surface area (Å²) in [7, 11) is 0. The summed E-state index contributed by atoms with van der Waals surface area (Å²) in [5.74, 6) is 0. The standard InChI is InChI=1S/C90H60/c1-7-33-61(34-8-1)67-45-19-25-51-73(67)81-59-60-82-74-52-26-32-58-80(74)89-87(78-56-30-23-49-71(78)65-41-15-5-16-42-65)85(76-54-28-21-47-69(76)63-37-11-3-12-38-63)86(77-55-29-22-48-70(77)64-39-13-4-14-40-64)88(79-57-31-24-50-72(79)66-43-17-6-18-44-66)90(89)84(82)83(81)75-53-27-20-46-68(75)62-35-9-2-10-36-62/h1-60H. The van der Waals surface area contributed by atoms with Crippen LogP contribution in [-0.2, 0) is 0 Å². The summed E-state index contributed by atoms with van der Waals surface area (Å²) in [6.07, 6.45) is 0. The highest BCUT2D eigenvalue weighted by Crippen LogP contribution is 2.61. The van der Waals surface area contributed by atoms with Crippen molar-refractivity contribution >= 4 is 32.3 Å². The molecule has 0 spiro atoms. The number of hydrogen-bond donors (Lipinski definition) is 0. The topological polar surface area (TPSA) is 0 Å². The largest absolute Gasteiger partial charge is 0.0622 e. The first kappa shape index (κ1) is 53.7. The minimum atomic E-state index is 1.14. The highest BCUT2D eigenvalue weighted by Gasteiger charge is 2.33. The summed E-state index contributed by atoms with van der Waals surface area (Å²) >= 11 is 0. The second kappa shape index (κ2) is 23.5. The van der Waals surface area contributed by atoms with E-state index in [1.807, 2.05) is 0 Å². The van der Waals surface area contributed by atoms with Crippen molar-refractivity contribution in [2.24, 2.45) is 0 Å². The van der Waals surface area contributed by atoms with Gasteiger partial charge in [-0.2, -0.15) is 0 Å². The zero-order valence-corrected chi connectivity index (χ0v) is 49.6. The molecule has 0 aliphatic rings. The number of fused-ring (bicyclic) bond motifs is 6. The Morgan fingerprint density at radius 2 is 0.311 bits per heavy atom. The predicted molar refractivity (Wildman–Crippen MR) is 384 cm³/mol. The summed E-state index contributed by atoms with van der Waals surface area (Å²) in [6.45, 7) is 0. The van der Waals surface area contributed by atoms with Crippen LogP contribution in [-0.4, -0.2) is 0 Å². The maximum absolute atomic E-state index is 2.45. The minimum Gasteiger partial charge on any atom is -0.0622 e. The van der Waals surface area contributed by atoms with E-state index in [1.165, 1.54) is 49.0 Å². The average Bonchev–Trinajstić information content (AvgIpc) is 0.693. The number of benzene rings is 16. The van der Waals surface area contributed by atoms with E-state index in [0.29, 0.717) is 0 Å². The molecule has 16 rings (SSSR count). The molecule has 0 bridgehead atoms. The Morgan fingerprint density at radius 1 is 0.100 bits per heavy atom. The summed E-state index contributed by atoms with van der Waals surface area (Å²) in [5.41, 5.74) is 27.7. The molecule has 0 heterocycles. The van der Waals surface area contributed by atoms with Gasteiger partial charge >= 0.3 is 0 Å². The van der Waals surface area contributed by atoms with Crippen LogP contribution in [0.25, 0.3) is 166 Å². The van der Waals surface area contributed by atoms with Gasteiger partial charge in [0.05, 0.1) is 0 Å². The average molecular weight is 1140 g/mol. The van der Waals surface area contributed by atoms with Crippen molar-refractivity contribution in [1.82, 2.24) is 0 Å². The molecule has 90 heavy (non-hydrogen) atoms. The van der Waals surface area contributed by atoms with Crippen LogP contribution in [0.2, 0.25) is 0 Å². The molecule has 0 aromatic heterocycles. The summed E-state index contributed by atoms with van der Waals surface area (Å²) in [6, 6.07) is 135. The molecule has 16 aromatic rings. The fourth-order valence-corrected chi connectivity index (χ4v) is 14.3. The van der Waals surface area contributed by atoms with Crippen LogP contribution in [0.3, 0.4) is 0 Å². The second-order valence-electron chi connectivity index (χ2n) is 23.2. The lowest BCUT2D eigenvalue weighted by Gasteiger charge is -2.30. The van der Waals surface area contributed by atoms with Crippen molar-refractivity contribution in [2.75, 3.05) is 0 Å². The smallest absolute Gasteiger partial charge is 0.0000706 e. The van der Waals surface area contributed by atoms with E-state index in [9.17, 15) is 0 Å². The third-order valence-electron chi connectivity index (χ3n) is 18.1. The molecule has 0 saturated carbocycles. The molecule has 0 saturated heterocycles. The number of hydrogen-bond acceptors (Lipinski definition) is 0. The first-order chi connectivity index (χ1) is 44.8. The monoisotopic (exact) mass is 1140 g/mol. The van der Waals surface area contributed by atoms with Gasteiger partial charge in [-0.15, -0.1) is 0 Å². The van der Waals surface area contributed by atoms with Gasteiger partial charge in [-0.25, -0.2) is 0 Å². The molecule has 16 aromatic carbocycles. The van der Waals surface area contributed by atoms with Crippen LogP contribution < -0.4 is 0 Å². The van der Waals surface area contributed by atoms with E-state index >= 15 is 0 Å². The van der Waals surface area contributed by atoms with Crippen molar-refractivity contribution in [3.63, 3.8) is 0 Å². The second-order valence-corrected chi connectivity index (χ2v) is 23.2. The molecule has 0 atom stereocenters. The summed E-state index contributed by atoms with van der Waals surface area (Å²) in [4.78, 5) is 0. The van der Waals surface area contributed by atoms with Gasteiger partial charge < -0.3 is 0 Å². The van der Waals surface area contributed by atoms with E-state index in [1.54, 1.807) is 0 Å². The Morgan fingerprint density at radius 3 is 0.644 bits per heavy atom. The van der Waals surface area contributed by atoms with E-state index in [4.69, 9.17) is 0 Å². The van der Waals surface area contributed by atoms with Crippen LogP contribution in [0.4, 0.5) is 0 Å². The highest BCUT2D eigenvalue weighted by molar-refractivity contribution is 6.39. The molecule has 0 N–H and O–H groups in total. The zero-order chi connectivity index (χ0) is 59.7. The summed E-state index contributed by atoms with van der Waals surface area (Å²) < 4.78 is 0. The van der Waals surface area contributed by atoms with Gasteiger partial charge in [0.15, 0.2) is 0 Å². The molecule has 0 aliphatic heterocycles. The van der Waals surface area contributed by atoms with Gasteiger partial charge in [0.1, 0.15) is 0 Å². The third kappa shape index (κ3) is 9.42. The predicted octanol–water partition coefficient (Wildman–Crippen LogP) is 25.2. The van der Waals surface area contributed by atoms with Gasteiger partial charge in [-0.1, -0.05) is 364 Å². The van der Waals surface area contributed by atoms with Crippen LogP contribution >= 0.6 is 0 Å². The molecule has 0 radical (unpaired) electrons. The zero-order valence-electron chi connectivity index (χ0n) is 49.6. The van der Waals surface area contributed by atoms with Gasteiger partial charge in [-0.05, 0) is 166 Å². The first-order valence-corrected chi connectivity index (χ1v) is 31.2. The van der Waals surface area contributed by atoms with Crippen molar-refractivity contribution in [3.05, 3.63) is 364 Å². The highest BCUT2D eigenvalue weighted by atomic mass is 14.4. The van der Waals surface area contributed by atoms with E-state index < -0.39 is 0 Å². The van der Waals surface area contributed by atoms with Crippen molar-refractivity contribution in [1.29, 1.82) is 0 Å². The molecular weight excluding hydrogens is 1080 g/mol. The molecule has 0 nitrogen and oxygen atoms in total. The van der Waals surface area contributed by atoms with E-state index in [-0.39, 0.29) is 0 Å². The fraction of sp³-hybridized carbons (Fsp3) is 0. The Balaban J connectivity index is 1.27. The Hall–Kier alpha value is -11.7. The maximum Gasteiger partial charge on any atom is -0.0000706 e. The molecular formula is C90H60. The lowest BCUT2D eigenvalue weighted by Crippen LogP contribution is -2.03. The van der Waals surface area contributed by atoms with Gasteiger partial charge in [-0.3, -0.25) is 0 Å². The fourth-order valence-electron chi connectivity index (χ4n) is 14.3. The molecule has 0 heteroatoms. The lowest BCUT2D eigenvalue weighted by molar-refractivity contribution is 1.54. The van der Waals surface area contributed by atoms with Crippen LogP contribution in [0.1, 0.15) is 0 Å². The van der Waals surface area contributed by atoms with E-state index in [0.717, 1.165) is 117 Å². The molecule has 0 amide bonds. The van der Waals surface area contributed by atoms with Crippen LogP contribution in [0, 0.1) is 0 Å². The lowest BCUT2D eigenvalue weighted by atomic mass is 9.72. The molecule has 0 unspecified atom stereocenters. The molecule has 420 valence electrons. The quantitative estimate of drug-likeness (QED) is 0.107. The van der Waals surface area contributed by atoms with Gasteiger partial charge in [0.2, 0.25) is 0 Å². The maximum atomic E-state index is 2.45. The minimum absolute atomic E-state index is 1.14. The first-order valence-electron chi connectivity index (χ1n) is 31.2. The Kier molecular flexibility index (Phi) is 14.1. The van der Waals surface area contributed by atoms with Crippen LogP contribution in [0.15, 0.2) is 364 Å². The Bertz CT molecular complexity index is 5280. The SMILES string of the molecule is c1ccc(-c2ccccc2-c2ccc3c4ccccc4c4c(-c5ccccc5-c5ccccc5)c(-c5ccccc5-c5ccccc5)c(-c5ccccc5-c5ccccc5)c(-c5ccccc5-c5ccccc5)c4c3c2-c2ccccc2-c2ccccc2)cc1.